The fourth-order valence-electron chi connectivity index (χ4n) is 5.98. The van der Waals surface area contributed by atoms with Gasteiger partial charge in [-0.3, -0.25) is 9.59 Å². The third kappa shape index (κ3) is 3.73. The zero-order valence-electron chi connectivity index (χ0n) is 19.2. The van der Waals surface area contributed by atoms with E-state index in [9.17, 15) is 9.59 Å². The Kier molecular flexibility index (Phi) is 5.54. The van der Waals surface area contributed by atoms with Gasteiger partial charge in [0.25, 0.3) is 0 Å². The summed E-state index contributed by atoms with van der Waals surface area (Å²) in [7, 11) is 3.48. The number of rotatable bonds is 4. The van der Waals surface area contributed by atoms with Crippen molar-refractivity contribution >= 4 is 17.5 Å². The van der Waals surface area contributed by atoms with E-state index < -0.39 is 0 Å². The fourth-order valence-corrected chi connectivity index (χ4v) is 5.98. The highest BCUT2D eigenvalue weighted by molar-refractivity contribution is 6.02. The van der Waals surface area contributed by atoms with E-state index in [0.717, 1.165) is 31.7 Å². The topological polar surface area (TPSA) is 43.9 Å². The molecule has 2 amide bonds. The van der Waals surface area contributed by atoms with Crippen molar-refractivity contribution in [2.75, 3.05) is 45.2 Å². The first kappa shape index (κ1) is 21.2. The molecule has 1 saturated heterocycles. The fraction of sp³-hybridized carbons (Fsp3) is 0.481. The van der Waals surface area contributed by atoms with Crippen LogP contribution < -0.4 is 4.90 Å². The lowest BCUT2D eigenvalue weighted by atomic mass is 9.73. The molecule has 0 saturated carbocycles. The highest BCUT2D eigenvalue weighted by Crippen LogP contribution is 2.46. The average molecular weight is 432 g/mol. The normalized spacial score (nSPS) is 22.0. The number of hydrogen-bond donors (Lipinski definition) is 0. The first-order valence-electron chi connectivity index (χ1n) is 11.9. The highest BCUT2D eigenvalue weighted by Gasteiger charge is 2.42. The molecule has 5 heteroatoms. The van der Waals surface area contributed by atoms with Gasteiger partial charge in [-0.2, -0.15) is 0 Å². The number of anilines is 1. The number of piperidine rings is 1. The zero-order valence-corrected chi connectivity index (χ0v) is 19.2. The molecule has 1 fully saturated rings. The maximum absolute atomic E-state index is 13.5. The van der Waals surface area contributed by atoms with Crippen molar-refractivity contribution < 1.29 is 9.59 Å². The number of aryl methyl sites for hydroxylation is 1. The number of nitrogens with zero attached hydrogens (tertiary/aromatic N) is 3. The van der Waals surface area contributed by atoms with Gasteiger partial charge in [0.2, 0.25) is 11.8 Å². The van der Waals surface area contributed by atoms with Crippen LogP contribution in [0.3, 0.4) is 0 Å². The predicted octanol–water partition coefficient (Wildman–Crippen LogP) is 3.26. The Hall–Kier alpha value is -2.66. The van der Waals surface area contributed by atoms with Crippen molar-refractivity contribution in [1.29, 1.82) is 0 Å². The molecule has 2 heterocycles. The third-order valence-corrected chi connectivity index (χ3v) is 7.91. The van der Waals surface area contributed by atoms with Gasteiger partial charge in [0.05, 0.1) is 5.92 Å². The molecule has 0 bridgehead atoms. The smallest absolute Gasteiger partial charge is 0.242 e. The lowest BCUT2D eigenvalue weighted by molar-refractivity contribution is -0.130. The number of likely N-dealkylation sites (tertiary alicyclic amines) is 1. The van der Waals surface area contributed by atoms with E-state index in [1.165, 1.54) is 36.8 Å². The van der Waals surface area contributed by atoms with Crippen molar-refractivity contribution in [3.63, 3.8) is 0 Å². The second kappa shape index (κ2) is 8.36. The molecule has 168 valence electrons. The van der Waals surface area contributed by atoms with E-state index in [4.69, 9.17) is 0 Å². The van der Waals surface area contributed by atoms with Gasteiger partial charge >= 0.3 is 0 Å². The van der Waals surface area contributed by atoms with Crippen molar-refractivity contribution in [3.05, 3.63) is 65.2 Å². The Morgan fingerprint density at radius 1 is 1.00 bits per heavy atom. The molecule has 0 N–H and O–H groups in total. The summed E-state index contributed by atoms with van der Waals surface area (Å²) in [6, 6.07) is 17.0. The monoisotopic (exact) mass is 431 g/mol. The van der Waals surface area contributed by atoms with Gasteiger partial charge in [-0.05, 0) is 73.4 Å². The minimum absolute atomic E-state index is 0.0476. The minimum atomic E-state index is -0.0928. The molecule has 5 nitrogen and oxygen atoms in total. The molecule has 0 aromatic heterocycles. The van der Waals surface area contributed by atoms with Crippen molar-refractivity contribution in [1.82, 2.24) is 9.80 Å². The number of carbonyl (C=O) groups excluding carboxylic acids is 2. The average Bonchev–Trinajstić information content (AvgIpc) is 3.16. The highest BCUT2D eigenvalue weighted by atomic mass is 16.2. The quantitative estimate of drug-likeness (QED) is 0.746. The lowest BCUT2D eigenvalue weighted by Gasteiger charge is -2.42. The van der Waals surface area contributed by atoms with E-state index in [0.29, 0.717) is 5.41 Å². The van der Waals surface area contributed by atoms with E-state index in [2.05, 4.69) is 35.2 Å². The molecule has 5 rings (SSSR count). The Morgan fingerprint density at radius 2 is 1.69 bits per heavy atom. The Bertz CT molecular complexity index is 1020. The van der Waals surface area contributed by atoms with Gasteiger partial charge in [-0.15, -0.1) is 0 Å². The van der Waals surface area contributed by atoms with Gasteiger partial charge in [0, 0.05) is 26.3 Å². The summed E-state index contributed by atoms with van der Waals surface area (Å²) in [5, 5.41) is 0. The van der Waals surface area contributed by atoms with E-state index >= 15 is 0 Å². The second-order valence-corrected chi connectivity index (χ2v) is 9.98. The van der Waals surface area contributed by atoms with Gasteiger partial charge in [0.15, 0.2) is 0 Å². The largest absolute Gasteiger partial charge is 0.347 e. The van der Waals surface area contributed by atoms with E-state index in [1.54, 1.807) is 29.5 Å². The van der Waals surface area contributed by atoms with Crippen molar-refractivity contribution in [2.45, 2.75) is 37.5 Å². The van der Waals surface area contributed by atoms with Crippen molar-refractivity contribution in [2.24, 2.45) is 5.92 Å². The summed E-state index contributed by atoms with van der Waals surface area (Å²) in [4.78, 5) is 31.6. The standard InChI is InChI=1S/C27H33N3O2/c1-28(2)25(31)19-30-24-10-6-4-8-21(24)17-22(26(30)32)18-29-15-13-27(14-16-29)12-11-20-7-3-5-9-23(20)27/h3-10,22H,11-19H2,1-2H3. The van der Waals surface area contributed by atoms with Crippen LogP contribution in [-0.4, -0.2) is 61.9 Å². The molecule has 2 aromatic rings. The number of carbonyl (C=O) groups is 2. The molecular formula is C27H33N3O2. The molecule has 1 atom stereocenters. The van der Waals surface area contributed by atoms with E-state index in [-0.39, 0.29) is 24.3 Å². The van der Waals surface area contributed by atoms with Crippen LogP contribution >= 0.6 is 0 Å². The number of hydrogen-bond acceptors (Lipinski definition) is 3. The van der Waals surface area contributed by atoms with Crippen LogP contribution in [0.4, 0.5) is 5.69 Å². The van der Waals surface area contributed by atoms with E-state index in [1.807, 2.05) is 18.2 Å². The van der Waals surface area contributed by atoms with Crippen LogP contribution in [0.5, 0.6) is 0 Å². The maximum Gasteiger partial charge on any atom is 0.242 e. The first-order chi connectivity index (χ1) is 15.5. The number of likely N-dealkylation sites (N-methyl/N-ethyl adjacent to an activating group) is 1. The van der Waals surface area contributed by atoms with Gasteiger partial charge in [-0.1, -0.05) is 42.5 Å². The number of fused-ring (bicyclic) bond motifs is 3. The molecule has 0 radical (unpaired) electrons. The van der Waals surface area contributed by atoms with Crippen molar-refractivity contribution in [3.8, 4) is 0 Å². The Morgan fingerprint density at radius 3 is 2.44 bits per heavy atom. The Balaban J connectivity index is 1.29. The van der Waals surface area contributed by atoms with Gasteiger partial charge in [0.1, 0.15) is 6.54 Å². The molecular weight excluding hydrogens is 398 g/mol. The summed E-state index contributed by atoms with van der Waals surface area (Å²) in [5.74, 6) is -0.0520. The van der Waals surface area contributed by atoms with Crippen LogP contribution in [0, 0.1) is 5.92 Å². The number of benzene rings is 2. The molecule has 3 aliphatic rings. The predicted molar refractivity (Wildman–Crippen MR) is 127 cm³/mol. The zero-order chi connectivity index (χ0) is 22.3. The molecule has 1 aliphatic carbocycles. The molecule has 1 spiro atoms. The number of para-hydroxylation sites is 1. The molecule has 2 aliphatic heterocycles. The molecule has 2 aromatic carbocycles. The summed E-state index contributed by atoms with van der Waals surface area (Å²) >= 11 is 0. The number of amides is 2. The van der Waals surface area contributed by atoms with Crippen LogP contribution in [0.1, 0.15) is 36.0 Å². The Labute approximate surface area is 191 Å². The third-order valence-electron chi connectivity index (χ3n) is 7.91. The summed E-state index contributed by atoms with van der Waals surface area (Å²) in [5.41, 5.74) is 5.49. The SMILES string of the molecule is CN(C)C(=O)CN1C(=O)C(CN2CCC3(CCc4ccccc43)CC2)Cc2ccccc21. The van der Waals surface area contributed by atoms with Crippen LogP contribution in [-0.2, 0) is 27.8 Å². The summed E-state index contributed by atoms with van der Waals surface area (Å²) < 4.78 is 0. The van der Waals surface area contributed by atoms with Gasteiger partial charge in [-0.25, -0.2) is 0 Å². The minimum Gasteiger partial charge on any atom is -0.347 e. The first-order valence-corrected chi connectivity index (χ1v) is 11.9. The summed E-state index contributed by atoms with van der Waals surface area (Å²) in [6.07, 6.45) is 5.56. The lowest BCUT2D eigenvalue weighted by Crippen LogP contribution is -2.51. The maximum atomic E-state index is 13.5. The second-order valence-electron chi connectivity index (χ2n) is 9.98. The summed E-state index contributed by atoms with van der Waals surface area (Å²) in [6.45, 7) is 2.96. The van der Waals surface area contributed by atoms with Crippen LogP contribution in [0.15, 0.2) is 48.5 Å². The molecule has 1 unspecified atom stereocenters. The molecule has 32 heavy (non-hydrogen) atoms. The van der Waals surface area contributed by atoms with Crippen LogP contribution in [0.2, 0.25) is 0 Å². The van der Waals surface area contributed by atoms with Gasteiger partial charge < -0.3 is 14.7 Å². The van der Waals surface area contributed by atoms with Crippen LogP contribution in [0.25, 0.3) is 0 Å².